The van der Waals surface area contributed by atoms with Crippen molar-refractivity contribution in [1.82, 2.24) is 4.98 Å². The normalized spacial score (nSPS) is 11.2. The molecule has 0 aliphatic carbocycles. The van der Waals surface area contributed by atoms with Crippen molar-refractivity contribution in [2.24, 2.45) is 5.10 Å². The number of unbranched alkanes of at least 4 members (excludes halogenated alkanes) is 6. The maximum Gasteiger partial charge on any atom is 0.389 e. The minimum atomic E-state index is -4.38. The molecule has 0 atom stereocenters. The number of hydrogen-bond donors (Lipinski definition) is 0. The third kappa shape index (κ3) is 18.1. The molecule has 5 rings (SSSR count). The van der Waals surface area contributed by atoms with E-state index in [9.17, 15) is 32.3 Å². The molecule has 0 spiro atoms. The summed E-state index contributed by atoms with van der Waals surface area (Å²) in [5.74, 6) is -1.07. The molecule has 0 unspecified atom stereocenters. The van der Waals surface area contributed by atoms with Crippen molar-refractivity contribution in [2.75, 3.05) is 38.0 Å². The Morgan fingerprint density at radius 1 is 0.642 bits per heavy atom. The molecule has 4 aromatic carbocycles. The van der Waals surface area contributed by atoms with Gasteiger partial charge in [-0.3, -0.25) is 0 Å². The van der Waals surface area contributed by atoms with Gasteiger partial charge in [0.2, 0.25) is 5.13 Å². The number of benzene rings is 4. The zero-order chi connectivity index (χ0) is 47.9. The molecule has 0 saturated carbocycles. The van der Waals surface area contributed by atoms with Crippen molar-refractivity contribution in [2.45, 2.75) is 70.4 Å². The Bertz CT molecular complexity index is 2410. The lowest BCUT2D eigenvalue weighted by atomic mass is 10.2. The van der Waals surface area contributed by atoms with Crippen LogP contribution in [0.25, 0.3) is 10.2 Å². The van der Waals surface area contributed by atoms with Crippen LogP contribution in [0.3, 0.4) is 0 Å². The van der Waals surface area contributed by atoms with E-state index in [4.69, 9.17) is 28.4 Å². The number of ether oxygens (including phenoxy) is 6. The van der Waals surface area contributed by atoms with Gasteiger partial charge in [-0.15, -0.1) is 0 Å². The number of halogens is 3. The highest BCUT2D eigenvalue weighted by molar-refractivity contribution is 7.22. The van der Waals surface area contributed by atoms with Crippen LogP contribution in [0.4, 0.5) is 18.3 Å². The molecular weight excluding hydrogens is 892 g/mol. The summed E-state index contributed by atoms with van der Waals surface area (Å²) in [5.41, 5.74) is 1.27. The van der Waals surface area contributed by atoms with Crippen molar-refractivity contribution >= 4 is 56.8 Å². The fourth-order valence-corrected chi connectivity index (χ4v) is 7.13. The van der Waals surface area contributed by atoms with Gasteiger partial charge in [0, 0.05) is 30.7 Å². The summed E-state index contributed by atoms with van der Waals surface area (Å²) in [4.78, 5) is 53.7. The largest absolute Gasteiger partial charge is 0.494 e. The molecule has 1 heterocycles. The maximum absolute atomic E-state index is 13.5. The molecule has 354 valence electrons. The van der Waals surface area contributed by atoms with E-state index in [0.29, 0.717) is 48.6 Å². The van der Waals surface area contributed by atoms with E-state index < -0.39 is 36.5 Å². The van der Waals surface area contributed by atoms with E-state index in [2.05, 4.69) is 23.2 Å². The van der Waals surface area contributed by atoms with Crippen LogP contribution in [0.15, 0.2) is 121 Å². The van der Waals surface area contributed by atoms with Gasteiger partial charge in [-0.25, -0.2) is 29.2 Å². The summed E-state index contributed by atoms with van der Waals surface area (Å²) in [6.45, 7) is 8.18. The number of hydrazone groups is 1. The molecule has 1 aromatic heterocycles. The van der Waals surface area contributed by atoms with Gasteiger partial charge in [0.05, 0.1) is 54.0 Å². The molecule has 13 nitrogen and oxygen atoms in total. The Balaban J connectivity index is 1.25. The average molecular weight is 944 g/mol. The first-order valence-electron chi connectivity index (χ1n) is 21.8. The number of anilines is 1. The zero-order valence-corrected chi connectivity index (χ0v) is 37.7. The van der Waals surface area contributed by atoms with E-state index in [1.54, 1.807) is 60.7 Å². The summed E-state index contributed by atoms with van der Waals surface area (Å²) in [6.07, 6.45) is 4.39. The summed E-state index contributed by atoms with van der Waals surface area (Å²) in [6, 6.07) is 24.4. The Morgan fingerprint density at radius 3 is 1.70 bits per heavy atom. The van der Waals surface area contributed by atoms with Gasteiger partial charge in [-0.1, -0.05) is 36.6 Å². The number of fused-ring (bicyclic) bond motifs is 1. The van der Waals surface area contributed by atoms with Crippen LogP contribution in [0.2, 0.25) is 0 Å². The highest BCUT2D eigenvalue weighted by atomic mass is 32.1. The van der Waals surface area contributed by atoms with Crippen LogP contribution in [0.1, 0.15) is 90.5 Å². The first kappa shape index (κ1) is 51.0. The maximum atomic E-state index is 13.5. The van der Waals surface area contributed by atoms with Crippen molar-refractivity contribution in [1.29, 1.82) is 0 Å². The monoisotopic (exact) mass is 943 g/mol. The molecule has 0 radical (unpaired) electrons. The van der Waals surface area contributed by atoms with Gasteiger partial charge in [0.25, 0.3) is 0 Å². The van der Waals surface area contributed by atoms with Crippen molar-refractivity contribution < 1.29 is 60.8 Å². The topological polar surface area (TPSA) is 152 Å². The Morgan fingerprint density at radius 2 is 1.16 bits per heavy atom. The molecular formula is C50H52F3N3O10S. The first-order chi connectivity index (χ1) is 32.4. The summed E-state index contributed by atoms with van der Waals surface area (Å²) < 4.78 is 73.6. The highest BCUT2D eigenvalue weighted by Gasteiger charge is 2.27. The molecule has 0 aliphatic heterocycles. The number of alkyl halides is 3. The van der Waals surface area contributed by atoms with Gasteiger partial charge < -0.3 is 28.4 Å². The van der Waals surface area contributed by atoms with Crippen LogP contribution in [0.5, 0.6) is 23.0 Å². The van der Waals surface area contributed by atoms with Crippen LogP contribution in [-0.2, 0) is 19.1 Å². The SMILES string of the molecule is C=CC(=O)OCCCCCCOc1ccc(C(=O)Oc2ccc(OC(=O)c3ccc(OCCCCCCOC(=O)C=C)cc3)c(C=NN(CCCC(F)(F)F)c3nc4ccccc4s3)c2)cc1. The number of carbonyl (C=O) groups excluding carboxylic acids is 4. The average Bonchev–Trinajstić information content (AvgIpc) is 3.76. The number of esters is 4. The highest BCUT2D eigenvalue weighted by Crippen LogP contribution is 2.31. The second-order valence-corrected chi connectivity index (χ2v) is 15.9. The predicted octanol–water partition coefficient (Wildman–Crippen LogP) is 11.3. The molecule has 17 heteroatoms. The molecule has 0 N–H and O–H groups in total. The first-order valence-corrected chi connectivity index (χ1v) is 22.6. The molecule has 67 heavy (non-hydrogen) atoms. The summed E-state index contributed by atoms with van der Waals surface area (Å²) in [7, 11) is 0. The number of para-hydroxylation sites is 1. The van der Waals surface area contributed by atoms with Gasteiger partial charge >= 0.3 is 30.1 Å². The van der Waals surface area contributed by atoms with Gasteiger partial charge in [0.15, 0.2) is 0 Å². The molecule has 0 amide bonds. The van der Waals surface area contributed by atoms with Gasteiger partial charge in [0.1, 0.15) is 23.0 Å². The van der Waals surface area contributed by atoms with Crippen LogP contribution >= 0.6 is 11.3 Å². The predicted molar refractivity (Wildman–Crippen MR) is 249 cm³/mol. The number of nitrogens with zero attached hydrogens (tertiary/aromatic N) is 3. The summed E-state index contributed by atoms with van der Waals surface area (Å²) >= 11 is 1.26. The lowest BCUT2D eigenvalue weighted by Crippen LogP contribution is -2.20. The second kappa shape index (κ2) is 26.8. The summed E-state index contributed by atoms with van der Waals surface area (Å²) in [5, 5.41) is 6.23. The minimum Gasteiger partial charge on any atom is -0.494 e. The molecule has 0 fully saturated rings. The van der Waals surface area contributed by atoms with E-state index in [1.165, 1.54) is 40.8 Å². The van der Waals surface area contributed by atoms with Crippen LogP contribution in [0, 0.1) is 0 Å². The standard InChI is InChI=1S/C50H52F3N3O10S/c1-3-45(57)63-32-13-7-5-11-30-61-39-22-18-36(19-23-39)47(59)65-41-26-27-43(66-48(60)37-20-24-40(25-21-37)62-31-12-6-8-14-33-64-46(58)4-2)38(34-41)35-54-56(29-15-28-50(51,52)53)49-55-42-16-9-10-17-44(42)67-49/h3-4,9-10,16-27,34-35H,1-2,5-8,11-15,28-33H2. The molecule has 0 aliphatic rings. The van der Waals surface area contributed by atoms with E-state index in [-0.39, 0.29) is 41.2 Å². The number of aromatic nitrogens is 1. The fraction of sp³-hybridized carbons (Fsp3) is 0.320. The zero-order valence-electron chi connectivity index (χ0n) is 36.9. The van der Waals surface area contributed by atoms with Crippen molar-refractivity contribution in [3.05, 3.63) is 133 Å². The van der Waals surface area contributed by atoms with E-state index >= 15 is 0 Å². The number of hydrogen-bond acceptors (Lipinski definition) is 14. The molecule has 0 saturated heterocycles. The Labute approximate surface area is 390 Å². The number of thiazole rings is 1. The Kier molecular flexibility index (Phi) is 20.4. The van der Waals surface area contributed by atoms with E-state index in [0.717, 1.165) is 68.2 Å². The third-order valence-electron chi connectivity index (χ3n) is 9.68. The quantitative estimate of drug-likeness (QED) is 0.0117. The van der Waals surface area contributed by atoms with Gasteiger partial charge in [-0.05, 0) is 137 Å². The minimum absolute atomic E-state index is 0.0327. The van der Waals surface area contributed by atoms with Crippen LogP contribution in [-0.4, -0.2) is 74.2 Å². The lowest BCUT2D eigenvalue weighted by molar-refractivity contribution is -0.138. The third-order valence-corrected chi connectivity index (χ3v) is 10.7. The molecule has 0 bridgehead atoms. The van der Waals surface area contributed by atoms with Crippen LogP contribution < -0.4 is 24.0 Å². The Hall–Kier alpha value is -7.01. The smallest absolute Gasteiger partial charge is 0.389 e. The van der Waals surface area contributed by atoms with Crippen molar-refractivity contribution in [3.8, 4) is 23.0 Å². The lowest BCUT2D eigenvalue weighted by Gasteiger charge is -2.17. The van der Waals surface area contributed by atoms with Crippen molar-refractivity contribution in [3.63, 3.8) is 0 Å². The number of carbonyl (C=O) groups is 4. The van der Waals surface area contributed by atoms with E-state index in [1.807, 2.05) is 12.1 Å². The number of rotatable bonds is 28. The second-order valence-electron chi connectivity index (χ2n) is 14.8. The molecule has 5 aromatic rings. The fourth-order valence-electron chi connectivity index (χ4n) is 6.18. The van der Waals surface area contributed by atoms with Gasteiger partial charge in [-0.2, -0.15) is 18.3 Å².